The predicted molar refractivity (Wildman–Crippen MR) is 130 cm³/mol. The topological polar surface area (TPSA) is 123 Å². The van der Waals surface area contributed by atoms with Crippen molar-refractivity contribution in [3.8, 4) is 0 Å². The lowest BCUT2D eigenvalue weighted by molar-refractivity contribution is -0.116. The molecule has 0 spiro atoms. The molecule has 2 amide bonds. The number of hydrogen-bond acceptors (Lipinski definition) is 4. The van der Waals surface area contributed by atoms with Gasteiger partial charge in [0.1, 0.15) is 11.5 Å². The fraction of sp³-hybridized carbons (Fsp3) is 0.360. The Morgan fingerprint density at radius 2 is 2.00 bits per heavy atom. The number of rotatable bonds is 9. The molecule has 2 aromatic heterocycles. The number of benzene rings is 1. The Hall–Kier alpha value is -3.68. The largest absolute Gasteiger partial charge is 0.366 e. The Bertz CT molecular complexity index is 1230. The molecule has 0 aliphatic heterocycles. The van der Waals surface area contributed by atoms with Crippen LogP contribution in [0.5, 0.6) is 0 Å². The molecular formula is C25H31N5O3. The van der Waals surface area contributed by atoms with Crippen molar-refractivity contribution in [2.75, 3.05) is 5.32 Å². The van der Waals surface area contributed by atoms with E-state index in [0.717, 1.165) is 17.5 Å². The van der Waals surface area contributed by atoms with Crippen LogP contribution in [0, 0.1) is 5.41 Å². The zero-order chi connectivity index (χ0) is 24.0. The molecule has 2 heterocycles. The molecule has 33 heavy (non-hydrogen) atoms. The first kappa shape index (κ1) is 24.0. The Labute approximate surface area is 192 Å². The lowest BCUT2D eigenvalue weighted by Gasteiger charge is -2.18. The van der Waals surface area contributed by atoms with E-state index < -0.39 is 5.91 Å². The second-order valence-corrected chi connectivity index (χ2v) is 9.33. The van der Waals surface area contributed by atoms with E-state index in [4.69, 9.17) is 10.7 Å². The summed E-state index contributed by atoms with van der Waals surface area (Å²) >= 11 is 0. The van der Waals surface area contributed by atoms with Crippen LogP contribution in [-0.2, 0) is 22.6 Å². The number of aromatic amines is 1. The number of primary amides is 1. The molecule has 0 unspecified atom stereocenters. The van der Waals surface area contributed by atoms with Crippen LogP contribution in [0.2, 0.25) is 0 Å². The van der Waals surface area contributed by atoms with E-state index in [1.54, 1.807) is 24.4 Å². The number of H-pyrrole nitrogens is 1. The van der Waals surface area contributed by atoms with Crippen molar-refractivity contribution in [3.63, 3.8) is 0 Å². The van der Waals surface area contributed by atoms with Gasteiger partial charge in [-0.3, -0.25) is 14.4 Å². The van der Waals surface area contributed by atoms with Crippen molar-refractivity contribution in [2.24, 2.45) is 11.1 Å². The summed E-state index contributed by atoms with van der Waals surface area (Å²) in [6.45, 7) is 6.84. The molecule has 3 aromatic rings. The first-order valence-electron chi connectivity index (χ1n) is 11.0. The van der Waals surface area contributed by atoms with Gasteiger partial charge in [0.25, 0.3) is 5.56 Å². The molecule has 8 heteroatoms. The van der Waals surface area contributed by atoms with E-state index >= 15 is 0 Å². The molecule has 4 N–H and O–H groups in total. The number of carbonyl (C=O) groups excluding carboxylic acids is 2. The molecule has 0 aliphatic carbocycles. The fourth-order valence-electron chi connectivity index (χ4n) is 3.64. The maximum Gasteiger partial charge on any atom is 0.274 e. The number of unbranched alkanes of at least 4 members (excludes halogenated alkanes) is 1. The SMILES string of the molecule is CC(C)(C)Cc1cccc2[nH]c(Cn3cccc(NC(=O)CCC/C=C/C(N)=O)c3=O)nc12. The van der Waals surface area contributed by atoms with Gasteiger partial charge in [-0.2, -0.15) is 0 Å². The summed E-state index contributed by atoms with van der Waals surface area (Å²) in [7, 11) is 0. The highest BCUT2D eigenvalue weighted by Crippen LogP contribution is 2.25. The Kier molecular flexibility index (Phi) is 7.48. The van der Waals surface area contributed by atoms with Crippen LogP contribution >= 0.6 is 0 Å². The third-order valence-electron chi connectivity index (χ3n) is 5.04. The molecule has 0 radical (unpaired) electrons. The van der Waals surface area contributed by atoms with Crippen molar-refractivity contribution in [2.45, 2.75) is 53.0 Å². The van der Waals surface area contributed by atoms with Crippen LogP contribution in [0.3, 0.4) is 0 Å². The Morgan fingerprint density at radius 3 is 2.73 bits per heavy atom. The van der Waals surface area contributed by atoms with Crippen molar-refractivity contribution in [1.82, 2.24) is 14.5 Å². The van der Waals surface area contributed by atoms with Gasteiger partial charge in [0.15, 0.2) is 0 Å². The van der Waals surface area contributed by atoms with E-state index in [9.17, 15) is 14.4 Å². The highest BCUT2D eigenvalue weighted by Gasteiger charge is 2.16. The number of nitrogens with one attached hydrogen (secondary N) is 2. The van der Waals surface area contributed by atoms with Gasteiger partial charge in [-0.1, -0.05) is 39.0 Å². The maximum absolute atomic E-state index is 12.9. The second kappa shape index (κ2) is 10.3. The lowest BCUT2D eigenvalue weighted by atomic mass is 9.88. The van der Waals surface area contributed by atoms with Crippen LogP contribution in [0.1, 0.15) is 51.4 Å². The first-order valence-corrected chi connectivity index (χ1v) is 11.0. The summed E-state index contributed by atoms with van der Waals surface area (Å²) in [5, 5.41) is 2.68. The molecule has 3 rings (SSSR count). The number of imidazole rings is 1. The van der Waals surface area contributed by atoms with Crippen molar-refractivity contribution >= 4 is 28.5 Å². The second-order valence-electron chi connectivity index (χ2n) is 9.33. The van der Waals surface area contributed by atoms with Gasteiger partial charge in [-0.25, -0.2) is 4.98 Å². The number of pyridine rings is 1. The number of hydrogen-bond donors (Lipinski definition) is 3. The van der Waals surface area contributed by atoms with E-state index in [2.05, 4.69) is 37.1 Å². The number of aromatic nitrogens is 3. The van der Waals surface area contributed by atoms with Gasteiger partial charge >= 0.3 is 0 Å². The number of fused-ring (bicyclic) bond motifs is 1. The number of allylic oxidation sites excluding steroid dienone is 1. The van der Waals surface area contributed by atoms with Gasteiger partial charge in [0.2, 0.25) is 11.8 Å². The molecule has 0 bridgehead atoms. The van der Waals surface area contributed by atoms with E-state index in [1.165, 1.54) is 16.2 Å². The van der Waals surface area contributed by atoms with Crippen molar-refractivity contribution in [1.29, 1.82) is 0 Å². The van der Waals surface area contributed by atoms with Gasteiger partial charge < -0.3 is 20.6 Å². The molecule has 1 aromatic carbocycles. The lowest BCUT2D eigenvalue weighted by Crippen LogP contribution is -2.26. The van der Waals surface area contributed by atoms with Gasteiger partial charge in [0, 0.05) is 12.6 Å². The summed E-state index contributed by atoms with van der Waals surface area (Å²) in [5.74, 6) is -0.0924. The maximum atomic E-state index is 12.9. The molecule has 0 saturated heterocycles. The summed E-state index contributed by atoms with van der Waals surface area (Å²) in [6, 6.07) is 9.39. The average Bonchev–Trinajstić information content (AvgIpc) is 3.13. The van der Waals surface area contributed by atoms with E-state index in [-0.39, 0.29) is 35.5 Å². The molecular weight excluding hydrogens is 418 g/mol. The molecule has 0 atom stereocenters. The van der Waals surface area contributed by atoms with Gasteiger partial charge in [-0.05, 0) is 54.5 Å². The minimum atomic E-state index is -0.515. The van der Waals surface area contributed by atoms with E-state index in [1.807, 2.05) is 12.1 Å². The molecule has 0 saturated carbocycles. The van der Waals surface area contributed by atoms with Crippen LogP contribution in [0.25, 0.3) is 11.0 Å². The monoisotopic (exact) mass is 449 g/mol. The van der Waals surface area contributed by atoms with Crippen LogP contribution in [-0.4, -0.2) is 26.3 Å². The summed E-state index contributed by atoms with van der Waals surface area (Å²) < 4.78 is 1.52. The number of para-hydroxylation sites is 1. The standard InChI is InChI=1S/C25H31N5O3/c1-25(2,3)15-17-9-7-10-18-23(17)29-21(27-18)16-30-14-8-11-19(24(30)33)28-22(32)13-6-4-5-12-20(26)31/h5,7-12,14H,4,6,13,15-16H2,1-3H3,(H2,26,31)(H,27,29)(H,28,32)/b12-5+. The number of nitrogens with two attached hydrogens (primary N) is 1. The van der Waals surface area contributed by atoms with Crippen LogP contribution in [0.15, 0.2) is 53.5 Å². The third kappa shape index (κ3) is 6.90. The first-order chi connectivity index (χ1) is 15.6. The number of carbonyl (C=O) groups is 2. The summed E-state index contributed by atoms with van der Waals surface area (Å²) in [5.41, 5.74) is 8.12. The van der Waals surface area contributed by atoms with Crippen molar-refractivity contribution < 1.29 is 9.59 Å². The minimum absolute atomic E-state index is 0.134. The average molecular weight is 450 g/mol. The summed E-state index contributed by atoms with van der Waals surface area (Å²) in [4.78, 5) is 43.8. The highest BCUT2D eigenvalue weighted by atomic mass is 16.2. The highest BCUT2D eigenvalue weighted by molar-refractivity contribution is 5.90. The van der Waals surface area contributed by atoms with Gasteiger partial charge in [0.05, 0.1) is 17.6 Å². The fourth-order valence-corrected chi connectivity index (χ4v) is 3.64. The van der Waals surface area contributed by atoms with Crippen LogP contribution in [0.4, 0.5) is 5.69 Å². The normalized spacial score (nSPS) is 11.8. The van der Waals surface area contributed by atoms with Crippen LogP contribution < -0.4 is 16.6 Å². The number of amides is 2. The number of nitrogens with zero attached hydrogens (tertiary/aromatic N) is 2. The molecule has 0 aliphatic rings. The van der Waals surface area contributed by atoms with E-state index in [0.29, 0.717) is 18.7 Å². The van der Waals surface area contributed by atoms with Crippen molar-refractivity contribution in [3.05, 3.63) is 70.4 Å². The quantitative estimate of drug-likeness (QED) is 0.342. The Balaban J connectivity index is 1.70. The smallest absolute Gasteiger partial charge is 0.274 e. The molecule has 0 fully saturated rings. The summed E-state index contributed by atoms with van der Waals surface area (Å²) in [6.07, 6.45) is 6.82. The zero-order valence-corrected chi connectivity index (χ0v) is 19.4. The van der Waals surface area contributed by atoms with Gasteiger partial charge in [-0.15, -0.1) is 0 Å². The third-order valence-corrected chi connectivity index (χ3v) is 5.04. The predicted octanol–water partition coefficient (Wildman–Crippen LogP) is 3.51. The molecule has 8 nitrogen and oxygen atoms in total. The molecule has 174 valence electrons. The number of anilines is 1. The zero-order valence-electron chi connectivity index (χ0n) is 19.4. The Morgan fingerprint density at radius 1 is 1.21 bits per heavy atom. The minimum Gasteiger partial charge on any atom is -0.366 e.